The largest absolute Gasteiger partial charge is 0.459 e. The van der Waals surface area contributed by atoms with Crippen LogP contribution >= 0.6 is 23.4 Å². The lowest BCUT2D eigenvalue weighted by atomic mass is 10.2. The van der Waals surface area contributed by atoms with Crippen LogP contribution in [0.2, 0.25) is 5.02 Å². The van der Waals surface area contributed by atoms with E-state index in [1.54, 1.807) is 26.8 Å². The van der Waals surface area contributed by atoms with Gasteiger partial charge in [-0.15, -0.1) is 0 Å². The van der Waals surface area contributed by atoms with Crippen molar-refractivity contribution in [2.24, 2.45) is 0 Å². The molecule has 0 saturated carbocycles. The molecule has 2 aromatic rings. The van der Waals surface area contributed by atoms with Crippen LogP contribution in [0.1, 0.15) is 37.7 Å². The van der Waals surface area contributed by atoms with Crippen molar-refractivity contribution >= 4 is 46.6 Å². The van der Waals surface area contributed by atoms with E-state index in [-0.39, 0.29) is 4.91 Å². The van der Waals surface area contributed by atoms with Crippen LogP contribution in [-0.2, 0) is 14.3 Å². The molecule has 0 atom stereocenters. The van der Waals surface area contributed by atoms with Gasteiger partial charge in [0.15, 0.2) is 0 Å². The zero-order valence-corrected chi connectivity index (χ0v) is 19.1. The number of halogens is 1. The van der Waals surface area contributed by atoms with E-state index in [0.717, 1.165) is 39.3 Å². The van der Waals surface area contributed by atoms with Gasteiger partial charge in [0.05, 0.1) is 4.91 Å². The SMILES string of the molecule is Cc1cc(C=C2SC(=O)N(CC(=O)OC(C)(C)C)C2=O)c(C)n1-c1ccc(Cl)cc1. The number of ether oxygens (including phenoxy) is 1. The highest BCUT2D eigenvalue weighted by Crippen LogP contribution is 2.34. The highest BCUT2D eigenvalue weighted by atomic mass is 35.5. The molecule has 2 amide bonds. The van der Waals surface area contributed by atoms with Gasteiger partial charge in [0.25, 0.3) is 11.1 Å². The van der Waals surface area contributed by atoms with Crippen LogP contribution in [0.5, 0.6) is 0 Å². The summed E-state index contributed by atoms with van der Waals surface area (Å²) in [5, 5.41) is 0.170. The highest BCUT2D eigenvalue weighted by molar-refractivity contribution is 8.18. The summed E-state index contributed by atoms with van der Waals surface area (Å²) in [4.78, 5) is 38.3. The fraction of sp³-hybridized carbons (Fsp3) is 0.318. The average Bonchev–Trinajstić information content (AvgIpc) is 3.05. The fourth-order valence-electron chi connectivity index (χ4n) is 3.20. The topological polar surface area (TPSA) is 68.6 Å². The summed E-state index contributed by atoms with van der Waals surface area (Å²) in [6.45, 7) is 8.70. The molecule has 1 aliphatic rings. The van der Waals surface area contributed by atoms with E-state index in [1.807, 2.05) is 48.7 Å². The lowest BCUT2D eigenvalue weighted by molar-refractivity contribution is -0.156. The summed E-state index contributed by atoms with van der Waals surface area (Å²) in [5.41, 5.74) is 2.99. The Morgan fingerprint density at radius 2 is 1.80 bits per heavy atom. The standard InChI is InChI=1S/C22H23ClN2O4S/c1-13-10-15(14(2)25(13)17-8-6-16(23)7-9-17)11-18-20(27)24(21(28)30-18)12-19(26)29-22(3,4)5/h6-11H,12H2,1-5H3. The number of aryl methyl sites for hydroxylation is 1. The van der Waals surface area contributed by atoms with Crippen molar-refractivity contribution in [1.82, 2.24) is 9.47 Å². The van der Waals surface area contributed by atoms with E-state index in [2.05, 4.69) is 0 Å². The predicted octanol–water partition coefficient (Wildman–Crippen LogP) is 5.13. The molecule has 1 fully saturated rings. The Hall–Kier alpha value is -2.51. The summed E-state index contributed by atoms with van der Waals surface area (Å²) in [5.74, 6) is -1.11. The zero-order chi connectivity index (χ0) is 22.2. The fourth-order valence-corrected chi connectivity index (χ4v) is 4.16. The third kappa shape index (κ3) is 4.79. The molecule has 0 unspecified atom stereocenters. The van der Waals surface area contributed by atoms with Crippen LogP contribution in [0.15, 0.2) is 35.2 Å². The molecule has 1 saturated heterocycles. The first-order chi connectivity index (χ1) is 14.0. The van der Waals surface area contributed by atoms with Gasteiger partial charge in [-0.2, -0.15) is 0 Å². The van der Waals surface area contributed by atoms with Gasteiger partial charge in [-0.05, 0) is 88.4 Å². The Bertz CT molecular complexity index is 1050. The third-order valence-electron chi connectivity index (χ3n) is 4.42. The van der Waals surface area contributed by atoms with Gasteiger partial charge in [0.1, 0.15) is 12.1 Å². The van der Waals surface area contributed by atoms with E-state index in [0.29, 0.717) is 5.02 Å². The van der Waals surface area contributed by atoms with Gasteiger partial charge in [-0.1, -0.05) is 11.6 Å². The lowest BCUT2D eigenvalue weighted by Gasteiger charge is -2.21. The number of hydrogen-bond donors (Lipinski definition) is 0. The van der Waals surface area contributed by atoms with Gasteiger partial charge in [-0.3, -0.25) is 19.3 Å². The van der Waals surface area contributed by atoms with E-state index in [1.165, 1.54) is 0 Å². The second-order valence-corrected chi connectivity index (χ2v) is 9.42. The molecule has 158 valence electrons. The number of carbonyl (C=O) groups is 3. The first kappa shape index (κ1) is 22.2. The summed E-state index contributed by atoms with van der Waals surface area (Å²) >= 11 is 6.81. The summed E-state index contributed by atoms with van der Waals surface area (Å²) in [6.07, 6.45) is 1.69. The van der Waals surface area contributed by atoms with E-state index in [9.17, 15) is 14.4 Å². The molecule has 6 nitrogen and oxygen atoms in total. The number of rotatable bonds is 4. The highest BCUT2D eigenvalue weighted by Gasteiger charge is 2.37. The number of esters is 1. The number of aromatic nitrogens is 1. The van der Waals surface area contributed by atoms with Crippen molar-refractivity contribution in [3.63, 3.8) is 0 Å². The third-order valence-corrected chi connectivity index (χ3v) is 5.58. The first-order valence-corrected chi connectivity index (χ1v) is 10.6. The molecule has 0 bridgehead atoms. The number of nitrogens with zero attached hydrogens (tertiary/aromatic N) is 2. The lowest BCUT2D eigenvalue weighted by Crippen LogP contribution is -2.37. The summed E-state index contributed by atoms with van der Waals surface area (Å²) < 4.78 is 7.27. The monoisotopic (exact) mass is 446 g/mol. The van der Waals surface area contributed by atoms with Gasteiger partial charge in [0, 0.05) is 22.1 Å². The number of hydrogen-bond acceptors (Lipinski definition) is 5. The van der Waals surface area contributed by atoms with Crippen LogP contribution in [0, 0.1) is 13.8 Å². The number of benzene rings is 1. The molecule has 1 aliphatic heterocycles. The van der Waals surface area contributed by atoms with Gasteiger partial charge in [0.2, 0.25) is 0 Å². The minimum absolute atomic E-state index is 0.278. The van der Waals surface area contributed by atoms with Gasteiger partial charge >= 0.3 is 5.97 Å². The van der Waals surface area contributed by atoms with Crippen molar-refractivity contribution in [3.05, 3.63) is 57.2 Å². The molecule has 0 aliphatic carbocycles. The van der Waals surface area contributed by atoms with Crippen molar-refractivity contribution in [1.29, 1.82) is 0 Å². The molecule has 3 rings (SSSR count). The second-order valence-electron chi connectivity index (χ2n) is 7.99. The molecular weight excluding hydrogens is 424 g/mol. The molecule has 30 heavy (non-hydrogen) atoms. The Balaban J connectivity index is 1.85. The Morgan fingerprint density at radius 1 is 1.17 bits per heavy atom. The van der Waals surface area contributed by atoms with E-state index in [4.69, 9.17) is 16.3 Å². The Labute approximate surface area is 184 Å². The summed E-state index contributed by atoms with van der Waals surface area (Å²) in [7, 11) is 0. The normalized spacial score (nSPS) is 15.9. The number of carbonyl (C=O) groups excluding carboxylic acids is 3. The number of amides is 2. The van der Waals surface area contributed by atoms with E-state index < -0.39 is 29.3 Å². The minimum atomic E-state index is -0.687. The van der Waals surface area contributed by atoms with Crippen LogP contribution in [0.4, 0.5) is 4.79 Å². The molecule has 1 aromatic carbocycles. The second kappa shape index (κ2) is 8.32. The molecular formula is C22H23ClN2O4S. The van der Waals surface area contributed by atoms with Gasteiger partial charge in [-0.25, -0.2) is 0 Å². The number of imide groups is 1. The quantitative estimate of drug-likeness (QED) is 0.481. The van der Waals surface area contributed by atoms with Crippen LogP contribution in [0.25, 0.3) is 11.8 Å². The maximum absolute atomic E-state index is 12.7. The molecule has 0 radical (unpaired) electrons. The molecule has 0 N–H and O–H groups in total. The Kier molecular flexibility index (Phi) is 6.15. The maximum atomic E-state index is 12.7. The Morgan fingerprint density at radius 3 is 2.40 bits per heavy atom. The maximum Gasteiger partial charge on any atom is 0.326 e. The molecule has 0 spiro atoms. The smallest absolute Gasteiger partial charge is 0.326 e. The average molecular weight is 447 g/mol. The van der Waals surface area contributed by atoms with Crippen molar-refractivity contribution in [2.45, 2.75) is 40.2 Å². The van der Waals surface area contributed by atoms with Gasteiger partial charge < -0.3 is 9.30 Å². The predicted molar refractivity (Wildman–Crippen MR) is 119 cm³/mol. The molecule has 1 aromatic heterocycles. The minimum Gasteiger partial charge on any atom is -0.459 e. The van der Waals surface area contributed by atoms with Crippen molar-refractivity contribution in [2.75, 3.05) is 6.54 Å². The first-order valence-electron chi connectivity index (χ1n) is 9.38. The molecule has 2 heterocycles. The number of thioether (sulfide) groups is 1. The van der Waals surface area contributed by atoms with E-state index >= 15 is 0 Å². The summed E-state index contributed by atoms with van der Waals surface area (Å²) in [6, 6.07) is 9.42. The van der Waals surface area contributed by atoms with Crippen LogP contribution in [-0.4, -0.2) is 38.7 Å². The molecule has 8 heteroatoms. The van der Waals surface area contributed by atoms with Crippen LogP contribution < -0.4 is 0 Å². The zero-order valence-electron chi connectivity index (χ0n) is 17.5. The van der Waals surface area contributed by atoms with Crippen molar-refractivity contribution < 1.29 is 19.1 Å². The van der Waals surface area contributed by atoms with Crippen molar-refractivity contribution in [3.8, 4) is 5.69 Å². The van der Waals surface area contributed by atoms with Crippen LogP contribution in [0.3, 0.4) is 0 Å².